The smallest absolute Gasteiger partial charge is 0.164 e. The minimum Gasteiger partial charge on any atom is -0.264 e. The quantitative estimate of drug-likeness (QED) is 0.203. The van der Waals surface area contributed by atoms with Gasteiger partial charge in [0.25, 0.3) is 0 Å². The monoisotopic (exact) mass is 579 g/mol. The Bertz CT molecular complexity index is 2120. The maximum absolute atomic E-state index is 5.14. The van der Waals surface area contributed by atoms with Crippen LogP contribution in [0.5, 0.6) is 0 Å². The molecule has 5 heteroatoms. The van der Waals surface area contributed by atoms with Gasteiger partial charge in [-0.3, -0.25) is 9.97 Å². The van der Waals surface area contributed by atoms with Crippen LogP contribution in [-0.2, 0) is 5.41 Å². The lowest BCUT2D eigenvalue weighted by Gasteiger charge is -2.21. The lowest BCUT2D eigenvalue weighted by molar-refractivity contribution is 0.660. The minimum atomic E-state index is -0.128. The molecular formula is C40H29N5. The van der Waals surface area contributed by atoms with Crippen molar-refractivity contribution < 1.29 is 0 Å². The van der Waals surface area contributed by atoms with Gasteiger partial charge in [-0.2, -0.15) is 0 Å². The Hall–Kier alpha value is -5.81. The first-order chi connectivity index (χ1) is 22.0. The fourth-order valence-corrected chi connectivity index (χ4v) is 6.35. The summed E-state index contributed by atoms with van der Waals surface area (Å²) in [6.45, 7) is 4.58. The van der Waals surface area contributed by atoms with Crippen LogP contribution in [0.25, 0.3) is 67.5 Å². The molecule has 5 nitrogen and oxygen atoms in total. The van der Waals surface area contributed by atoms with Crippen molar-refractivity contribution in [3.63, 3.8) is 0 Å². The number of nitrogens with zero attached hydrogens (tertiary/aromatic N) is 5. The molecule has 0 bridgehead atoms. The first kappa shape index (κ1) is 26.8. The molecule has 0 fully saturated rings. The first-order valence-corrected chi connectivity index (χ1v) is 15.1. The zero-order valence-corrected chi connectivity index (χ0v) is 25.0. The van der Waals surface area contributed by atoms with E-state index in [0.29, 0.717) is 17.5 Å². The van der Waals surface area contributed by atoms with E-state index in [0.717, 1.165) is 38.9 Å². The van der Waals surface area contributed by atoms with E-state index in [-0.39, 0.29) is 5.41 Å². The molecule has 0 atom stereocenters. The Kier molecular flexibility index (Phi) is 6.38. The van der Waals surface area contributed by atoms with Crippen LogP contribution < -0.4 is 0 Å². The summed E-state index contributed by atoms with van der Waals surface area (Å²) < 4.78 is 0. The fraction of sp³-hybridized carbons (Fsp3) is 0.0750. The summed E-state index contributed by atoms with van der Waals surface area (Å²) in [5, 5.41) is 0. The van der Waals surface area contributed by atoms with E-state index >= 15 is 0 Å². The van der Waals surface area contributed by atoms with Gasteiger partial charge in [-0.15, -0.1) is 0 Å². The average Bonchev–Trinajstić information content (AvgIpc) is 3.34. The van der Waals surface area contributed by atoms with Crippen molar-refractivity contribution >= 4 is 0 Å². The fourth-order valence-electron chi connectivity index (χ4n) is 6.35. The summed E-state index contributed by atoms with van der Waals surface area (Å²) in [5.74, 6) is 1.88. The van der Waals surface area contributed by atoms with Crippen molar-refractivity contribution in [2.75, 3.05) is 0 Å². The van der Waals surface area contributed by atoms with E-state index in [1.807, 2.05) is 54.9 Å². The molecule has 1 aliphatic rings. The van der Waals surface area contributed by atoms with E-state index in [1.165, 1.54) is 22.3 Å². The largest absolute Gasteiger partial charge is 0.264 e. The van der Waals surface area contributed by atoms with Crippen molar-refractivity contribution in [2.24, 2.45) is 0 Å². The van der Waals surface area contributed by atoms with Gasteiger partial charge in [-0.1, -0.05) is 92.7 Å². The van der Waals surface area contributed by atoms with Gasteiger partial charge < -0.3 is 0 Å². The molecule has 0 spiro atoms. The highest BCUT2D eigenvalue weighted by Gasteiger charge is 2.35. The molecule has 0 unspecified atom stereocenters. The highest BCUT2D eigenvalue weighted by atomic mass is 15.0. The molecule has 3 aromatic heterocycles. The molecule has 0 amide bonds. The third-order valence-corrected chi connectivity index (χ3v) is 8.69. The molecule has 7 aromatic rings. The third kappa shape index (κ3) is 4.79. The predicted molar refractivity (Wildman–Crippen MR) is 180 cm³/mol. The number of benzene rings is 4. The van der Waals surface area contributed by atoms with E-state index in [9.17, 15) is 0 Å². The highest BCUT2D eigenvalue weighted by Crippen LogP contribution is 2.49. The van der Waals surface area contributed by atoms with Crippen molar-refractivity contribution in [2.45, 2.75) is 19.3 Å². The number of hydrogen-bond donors (Lipinski definition) is 0. The van der Waals surface area contributed by atoms with Crippen LogP contribution in [0.4, 0.5) is 0 Å². The Balaban J connectivity index is 1.33. The number of pyridine rings is 2. The number of aromatic nitrogens is 5. The van der Waals surface area contributed by atoms with Gasteiger partial charge in [0.15, 0.2) is 17.5 Å². The van der Waals surface area contributed by atoms with Crippen LogP contribution >= 0.6 is 0 Å². The van der Waals surface area contributed by atoms with E-state index in [4.69, 9.17) is 15.0 Å². The molecule has 0 aliphatic heterocycles. The summed E-state index contributed by atoms with van der Waals surface area (Å²) in [6.07, 6.45) is 7.34. The van der Waals surface area contributed by atoms with Crippen LogP contribution in [0, 0.1) is 0 Å². The summed E-state index contributed by atoms with van der Waals surface area (Å²) in [4.78, 5) is 24.0. The predicted octanol–water partition coefficient (Wildman–Crippen LogP) is 9.30. The molecule has 0 saturated heterocycles. The van der Waals surface area contributed by atoms with Gasteiger partial charge in [0.05, 0.1) is 0 Å². The van der Waals surface area contributed by atoms with Crippen molar-refractivity contribution in [3.8, 4) is 67.5 Å². The summed E-state index contributed by atoms with van der Waals surface area (Å²) in [7, 11) is 0. The van der Waals surface area contributed by atoms with Gasteiger partial charge in [0.1, 0.15) is 0 Å². The number of fused-ring (bicyclic) bond motifs is 3. The normalized spacial score (nSPS) is 12.8. The van der Waals surface area contributed by atoms with E-state index < -0.39 is 0 Å². The van der Waals surface area contributed by atoms with E-state index in [1.54, 1.807) is 12.4 Å². The lowest BCUT2D eigenvalue weighted by Crippen LogP contribution is -2.15. The molecule has 0 radical (unpaired) electrons. The molecule has 1 aliphatic carbocycles. The van der Waals surface area contributed by atoms with Crippen LogP contribution in [0.15, 0.2) is 140 Å². The van der Waals surface area contributed by atoms with Crippen molar-refractivity contribution in [3.05, 3.63) is 151 Å². The summed E-state index contributed by atoms with van der Waals surface area (Å²) >= 11 is 0. The minimum absolute atomic E-state index is 0.128. The van der Waals surface area contributed by atoms with Gasteiger partial charge in [0.2, 0.25) is 0 Å². The second kappa shape index (κ2) is 10.7. The topological polar surface area (TPSA) is 64.5 Å². The maximum atomic E-state index is 5.14. The maximum Gasteiger partial charge on any atom is 0.164 e. The Morgan fingerprint density at radius 2 is 0.933 bits per heavy atom. The Labute approximate surface area is 262 Å². The zero-order valence-electron chi connectivity index (χ0n) is 25.0. The molecule has 3 heterocycles. The number of rotatable bonds is 5. The summed E-state index contributed by atoms with van der Waals surface area (Å²) in [5.41, 5.74) is 11.9. The van der Waals surface area contributed by atoms with Crippen LogP contribution in [0.2, 0.25) is 0 Å². The van der Waals surface area contributed by atoms with Gasteiger partial charge >= 0.3 is 0 Å². The highest BCUT2D eigenvalue weighted by molar-refractivity contribution is 5.84. The van der Waals surface area contributed by atoms with Gasteiger partial charge in [-0.05, 0) is 69.8 Å². The zero-order chi connectivity index (χ0) is 30.4. The average molecular weight is 580 g/mol. The third-order valence-electron chi connectivity index (χ3n) is 8.69. The first-order valence-electron chi connectivity index (χ1n) is 15.1. The molecule has 4 aromatic carbocycles. The molecular weight excluding hydrogens is 550 g/mol. The van der Waals surface area contributed by atoms with Gasteiger partial charge in [-0.25, -0.2) is 15.0 Å². The summed E-state index contributed by atoms with van der Waals surface area (Å²) in [6, 6.07) is 39.9. The van der Waals surface area contributed by atoms with Crippen LogP contribution in [-0.4, -0.2) is 24.9 Å². The number of hydrogen-bond acceptors (Lipinski definition) is 5. The molecule has 214 valence electrons. The SMILES string of the molecule is CC1(C)c2ccccc2-c2ccc(-c3nc(-c4ccccc4)nc(-c4cc(-c5cccnc5)cc(-c5cccnc5)c4)n3)cc21. The van der Waals surface area contributed by atoms with Gasteiger partial charge in [0, 0.05) is 58.0 Å². The Morgan fingerprint density at radius 3 is 1.58 bits per heavy atom. The second-order valence-electron chi connectivity index (χ2n) is 11.9. The molecule has 0 N–H and O–H groups in total. The standard InChI is InChI=1S/C40H29N5/c1-40(2)35-15-7-6-14-33(35)34-17-16-27(23-36(34)40)38-43-37(26-10-4-3-5-11-26)44-39(45-38)32-21-30(28-12-8-18-41-24-28)20-31(22-32)29-13-9-19-42-25-29/h3-25H,1-2H3. The van der Waals surface area contributed by atoms with E-state index in [2.05, 4.69) is 96.6 Å². The molecule has 0 saturated carbocycles. The second-order valence-corrected chi connectivity index (χ2v) is 11.9. The van der Waals surface area contributed by atoms with Crippen LogP contribution in [0.1, 0.15) is 25.0 Å². The lowest BCUT2D eigenvalue weighted by atomic mass is 9.82. The molecule has 8 rings (SSSR count). The van der Waals surface area contributed by atoms with Crippen LogP contribution in [0.3, 0.4) is 0 Å². The van der Waals surface area contributed by atoms with Crippen molar-refractivity contribution in [1.29, 1.82) is 0 Å². The Morgan fingerprint density at radius 1 is 0.400 bits per heavy atom. The van der Waals surface area contributed by atoms with Crippen molar-refractivity contribution in [1.82, 2.24) is 24.9 Å². The molecule has 45 heavy (non-hydrogen) atoms.